The summed E-state index contributed by atoms with van der Waals surface area (Å²) >= 11 is 0. The lowest BCUT2D eigenvalue weighted by atomic mass is 10.2. The molecule has 0 N–H and O–H groups in total. The minimum Gasteiger partial charge on any atom is -0.465 e. The summed E-state index contributed by atoms with van der Waals surface area (Å²) in [4.78, 5) is 23.6. The topological polar surface area (TPSA) is 69.7 Å². The van der Waals surface area contributed by atoms with E-state index in [1.807, 2.05) is 6.07 Å². The van der Waals surface area contributed by atoms with Gasteiger partial charge in [-0.25, -0.2) is 0 Å². The van der Waals surface area contributed by atoms with Gasteiger partial charge in [-0.1, -0.05) is 30.3 Å². The van der Waals surface area contributed by atoms with Crippen molar-refractivity contribution in [1.29, 1.82) is 0 Å². The van der Waals surface area contributed by atoms with Crippen LogP contribution in [0.1, 0.15) is 19.4 Å². The summed E-state index contributed by atoms with van der Waals surface area (Å²) in [5, 5.41) is -1.39. The molecule has 0 radical (unpaired) electrons. The number of ether oxygens (including phenoxy) is 2. The van der Waals surface area contributed by atoms with E-state index in [0.29, 0.717) is 0 Å². The molecule has 0 unspecified atom stereocenters. The first-order valence-electron chi connectivity index (χ1n) is 6.34. The lowest BCUT2D eigenvalue weighted by Crippen LogP contribution is -2.38. The molecule has 0 amide bonds. The van der Waals surface area contributed by atoms with Crippen molar-refractivity contribution >= 4 is 22.7 Å². The number of esters is 2. The summed E-state index contributed by atoms with van der Waals surface area (Å²) in [7, 11) is -1.72. The number of hydrogen-bond donors (Lipinski definition) is 0. The van der Waals surface area contributed by atoms with E-state index in [-0.39, 0.29) is 19.0 Å². The van der Waals surface area contributed by atoms with Gasteiger partial charge in [0, 0.05) is 0 Å². The Kier molecular flexibility index (Phi) is 6.93. The fourth-order valence-electron chi connectivity index (χ4n) is 1.57. The maximum atomic E-state index is 12.3. The zero-order chi connectivity index (χ0) is 15.0. The Bertz CT molecular complexity index is 454. The van der Waals surface area contributed by atoms with Gasteiger partial charge in [0.15, 0.2) is 0 Å². The Labute approximate surface area is 120 Å². The summed E-state index contributed by atoms with van der Waals surface area (Å²) < 4.78 is 21.8. The molecule has 0 saturated carbocycles. The third-order valence-electron chi connectivity index (χ3n) is 2.42. The average Bonchev–Trinajstić information content (AvgIpc) is 2.40. The smallest absolute Gasteiger partial charge is 0.333 e. The van der Waals surface area contributed by atoms with Gasteiger partial charge in [-0.3, -0.25) is 13.8 Å². The quantitative estimate of drug-likeness (QED) is 0.562. The molecular weight excluding hydrogens is 280 g/mol. The third-order valence-corrected chi connectivity index (χ3v) is 3.94. The number of carbonyl (C=O) groups is 2. The van der Waals surface area contributed by atoms with Gasteiger partial charge in [0.05, 0.1) is 29.8 Å². The van der Waals surface area contributed by atoms with E-state index in [1.54, 1.807) is 38.1 Å². The lowest BCUT2D eigenvalue weighted by molar-refractivity contribution is -0.153. The van der Waals surface area contributed by atoms with Gasteiger partial charge in [-0.05, 0) is 19.4 Å². The van der Waals surface area contributed by atoms with Crippen molar-refractivity contribution in [2.75, 3.05) is 13.2 Å². The molecule has 1 aromatic carbocycles. The Hall–Kier alpha value is -1.69. The molecule has 0 spiro atoms. The lowest BCUT2D eigenvalue weighted by Gasteiger charge is -2.14. The van der Waals surface area contributed by atoms with Gasteiger partial charge in [0.1, 0.15) is 0 Å². The second-order valence-corrected chi connectivity index (χ2v) is 5.42. The van der Waals surface area contributed by atoms with Crippen molar-refractivity contribution < 1.29 is 23.3 Å². The molecule has 0 aliphatic carbocycles. The minimum atomic E-state index is -1.72. The summed E-state index contributed by atoms with van der Waals surface area (Å²) in [6.07, 6.45) is 0. The van der Waals surface area contributed by atoms with E-state index >= 15 is 0 Å². The van der Waals surface area contributed by atoms with Crippen molar-refractivity contribution in [3.8, 4) is 0 Å². The largest absolute Gasteiger partial charge is 0.465 e. The fourth-order valence-corrected chi connectivity index (χ4v) is 2.82. The monoisotopic (exact) mass is 298 g/mol. The maximum absolute atomic E-state index is 12.3. The van der Waals surface area contributed by atoms with Crippen LogP contribution in [-0.4, -0.2) is 34.6 Å². The van der Waals surface area contributed by atoms with Crippen molar-refractivity contribution in [3.63, 3.8) is 0 Å². The number of carbonyl (C=O) groups excluding carboxylic acids is 2. The highest BCUT2D eigenvalue weighted by Crippen LogP contribution is 2.10. The summed E-state index contributed by atoms with van der Waals surface area (Å²) in [6.45, 7) is 3.50. The molecule has 1 aromatic rings. The van der Waals surface area contributed by atoms with Crippen LogP contribution in [0.3, 0.4) is 0 Å². The Morgan fingerprint density at radius 3 is 2.00 bits per heavy atom. The van der Waals surface area contributed by atoms with Crippen LogP contribution in [0.15, 0.2) is 30.3 Å². The zero-order valence-corrected chi connectivity index (χ0v) is 12.4. The highest BCUT2D eigenvalue weighted by molar-refractivity contribution is 7.86. The minimum absolute atomic E-state index is 0.100. The molecule has 0 aromatic heterocycles. The van der Waals surface area contributed by atoms with Crippen molar-refractivity contribution in [3.05, 3.63) is 35.9 Å². The summed E-state index contributed by atoms with van der Waals surface area (Å²) in [5.74, 6) is -1.51. The Morgan fingerprint density at radius 1 is 1.05 bits per heavy atom. The van der Waals surface area contributed by atoms with E-state index in [4.69, 9.17) is 9.47 Å². The molecule has 0 aliphatic heterocycles. The molecule has 1 rings (SSSR count). The van der Waals surface area contributed by atoms with Gasteiger partial charge in [0.25, 0.3) is 0 Å². The number of rotatable bonds is 7. The molecule has 0 heterocycles. The van der Waals surface area contributed by atoms with E-state index in [9.17, 15) is 13.8 Å². The molecule has 0 saturated heterocycles. The van der Waals surface area contributed by atoms with E-state index in [2.05, 4.69) is 0 Å². The van der Waals surface area contributed by atoms with Gasteiger partial charge in [-0.15, -0.1) is 0 Å². The van der Waals surface area contributed by atoms with Crippen molar-refractivity contribution in [2.45, 2.75) is 24.9 Å². The van der Waals surface area contributed by atoms with Gasteiger partial charge in [-0.2, -0.15) is 0 Å². The Balaban J connectivity index is 2.84. The van der Waals surface area contributed by atoms with Crippen molar-refractivity contribution in [2.24, 2.45) is 0 Å². The van der Waals surface area contributed by atoms with Gasteiger partial charge < -0.3 is 9.47 Å². The van der Waals surface area contributed by atoms with Crippen LogP contribution >= 0.6 is 0 Å². The SMILES string of the molecule is CCOC(=O)C(C(=O)OCC)[S@](=O)Cc1ccccc1. The second-order valence-electron chi connectivity index (χ2n) is 3.89. The molecule has 110 valence electrons. The van der Waals surface area contributed by atoms with Crippen LogP contribution in [0, 0.1) is 0 Å². The predicted octanol–water partition coefficient (Wildman–Crippen LogP) is 1.43. The first kappa shape index (κ1) is 16.4. The number of hydrogen-bond acceptors (Lipinski definition) is 5. The van der Waals surface area contributed by atoms with Crippen LogP contribution in [0.2, 0.25) is 0 Å². The standard InChI is InChI=1S/C14H18O5S/c1-3-18-13(15)12(14(16)19-4-2)20(17)10-11-8-6-5-7-9-11/h5-9,12H,3-4,10H2,1-2H3/t20-/m1/s1. The molecular formula is C14H18O5S. The molecule has 0 aliphatic rings. The normalized spacial score (nSPS) is 11.9. The first-order valence-corrected chi connectivity index (χ1v) is 7.72. The van der Waals surface area contributed by atoms with Crippen LogP contribution in [0.4, 0.5) is 0 Å². The van der Waals surface area contributed by atoms with Crippen LogP contribution in [-0.2, 0) is 35.6 Å². The van der Waals surface area contributed by atoms with Crippen LogP contribution < -0.4 is 0 Å². The third kappa shape index (κ3) is 4.77. The molecule has 0 bridgehead atoms. The van der Waals surface area contributed by atoms with E-state index in [0.717, 1.165) is 5.56 Å². The number of benzene rings is 1. The molecule has 5 nitrogen and oxygen atoms in total. The average molecular weight is 298 g/mol. The van der Waals surface area contributed by atoms with Crippen LogP contribution in [0.5, 0.6) is 0 Å². The Morgan fingerprint density at radius 2 is 1.55 bits per heavy atom. The highest BCUT2D eigenvalue weighted by atomic mass is 32.2. The van der Waals surface area contributed by atoms with Crippen molar-refractivity contribution in [1.82, 2.24) is 0 Å². The molecule has 0 fully saturated rings. The maximum Gasteiger partial charge on any atom is 0.333 e. The van der Waals surface area contributed by atoms with Gasteiger partial charge >= 0.3 is 11.9 Å². The summed E-state index contributed by atoms with van der Waals surface area (Å²) in [5.41, 5.74) is 0.782. The molecule has 1 atom stereocenters. The highest BCUT2D eigenvalue weighted by Gasteiger charge is 2.35. The predicted molar refractivity (Wildman–Crippen MR) is 75.3 cm³/mol. The first-order chi connectivity index (χ1) is 9.60. The summed E-state index contributed by atoms with van der Waals surface area (Å²) in [6, 6.07) is 9.00. The zero-order valence-electron chi connectivity index (χ0n) is 11.5. The van der Waals surface area contributed by atoms with E-state index < -0.39 is 28.0 Å². The van der Waals surface area contributed by atoms with Gasteiger partial charge in [0.2, 0.25) is 5.25 Å². The van der Waals surface area contributed by atoms with E-state index in [1.165, 1.54) is 0 Å². The molecule has 20 heavy (non-hydrogen) atoms. The fraction of sp³-hybridized carbons (Fsp3) is 0.429. The second kappa shape index (κ2) is 8.47. The van der Waals surface area contributed by atoms with Crippen LogP contribution in [0.25, 0.3) is 0 Å². The molecule has 6 heteroatoms.